The molecule has 0 radical (unpaired) electrons. The topological polar surface area (TPSA) is 149 Å². The van der Waals surface area contributed by atoms with Crippen LogP contribution in [0.2, 0.25) is 0 Å². The number of aldehydes is 1. The number of aliphatic hydroxyl groups excluding tert-OH is 3. The third-order valence-corrected chi connectivity index (χ3v) is 14.9. The fraction of sp³-hybridized carbons (Fsp3) is 0.917. The molecule has 3 N–H and O–H groups in total. The zero-order chi connectivity index (χ0) is 33.6. The van der Waals surface area contributed by atoms with E-state index in [-0.39, 0.29) is 57.8 Å². The summed E-state index contributed by atoms with van der Waals surface area (Å²) < 4.78 is 24.2. The van der Waals surface area contributed by atoms with E-state index in [1.807, 2.05) is 0 Å². The number of aliphatic hydroxyl groups is 3. The maximum Gasteiger partial charge on any atom is 0.302 e. The molecule has 0 unspecified atom stereocenters. The van der Waals surface area contributed by atoms with E-state index in [2.05, 4.69) is 34.6 Å². The van der Waals surface area contributed by atoms with Gasteiger partial charge in [0.15, 0.2) is 6.29 Å². The molecule has 6 fully saturated rings. The van der Waals surface area contributed by atoms with Crippen LogP contribution in [0.4, 0.5) is 0 Å². The van der Waals surface area contributed by atoms with Crippen molar-refractivity contribution < 1.29 is 48.7 Å². The second-order valence-electron chi connectivity index (χ2n) is 17.0. The van der Waals surface area contributed by atoms with Gasteiger partial charge in [-0.25, -0.2) is 0 Å². The summed E-state index contributed by atoms with van der Waals surface area (Å²) in [5.41, 5.74) is -0.491. The lowest BCUT2D eigenvalue weighted by Crippen LogP contribution is -2.68. The van der Waals surface area contributed by atoms with Crippen molar-refractivity contribution in [2.45, 2.75) is 149 Å². The SMILES string of the molecule is CC(=O)OC[C@@H]1O[C@H](O[C@@H]2C[C@@H]3C(C)(C)[C@H](OC(C)=O)CC[C@]3(C)[C@H]3CC[C@]45C[C@]4(CC[C@H]5[C@@H](C)CC=O)[C@@]32C)[C@@H](O)[C@H](O)[C@H]1O. The summed E-state index contributed by atoms with van der Waals surface area (Å²) >= 11 is 0. The Hall–Kier alpha value is -1.59. The second kappa shape index (κ2) is 11.5. The van der Waals surface area contributed by atoms with Gasteiger partial charge in [-0.3, -0.25) is 9.59 Å². The number of hydrogen-bond donors (Lipinski definition) is 3. The highest BCUT2D eigenvalue weighted by Crippen LogP contribution is 2.91. The van der Waals surface area contributed by atoms with Crippen LogP contribution >= 0.6 is 0 Å². The van der Waals surface area contributed by atoms with Gasteiger partial charge >= 0.3 is 11.9 Å². The summed E-state index contributed by atoms with van der Waals surface area (Å²) in [4.78, 5) is 35.3. The molecule has 1 heterocycles. The number of hydrogen-bond acceptors (Lipinski definition) is 10. The third-order valence-electron chi connectivity index (χ3n) is 14.9. The van der Waals surface area contributed by atoms with Gasteiger partial charge in [0.2, 0.25) is 0 Å². The average molecular weight is 649 g/mol. The van der Waals surface area contributed by atoms with Crippen LogP contribution in [0.5, 0.6) is 0 Å². The van der Waals surface area contributed by atoms with Gasteiger partial charge in [0.25, 0.3) is 0 Å². The molecular weight excluding hydrogens is 592 g/mol. The van der Waals surface area contributed by atoms with Crippen LogP contribution in [-0.2, 0) is 33.3 Å². The Labute approximate surface area is 273 Å². The van der Waals surface area contributed by atoms with E-state index >= 15 is 0 Å². The molecule has 5 aliphatic carbocycles. The molecule has 5 saturated carbocycles. The minimum absolute atomic E-state index is 0.0230. The highest BCUT2D eigenvalue weighted by Gasteiger charge is 2.85. The van der Waals surface area contributed by atoms with E-state index in [1.54, 1.807) is 0 Å². The molecule has 0 bridgehead atoms. The average Bonchev–Trinajstić information content (AvgIpc) is 3.55. The molecule has 0 aromatic rings. The van der Waals surface area contributed by atoms with Crippen LogP contribution in [0.1, 0.15) is 106 Å². The number of carbonyl (C=O) groups is 3. The molecular formula is C36H56O10. The number of carbonyl (C=O) groups excluding carboxylic acids is 3. The molecule has 15 atom stereocenters. The largest absolute Gasteiger partial charge is 0.463 e. The van der Waals surface area contributed by atoms with E-state index in [0.29, 0.717) is 30.6 Å². The normalized spacial score (nSPS) is 51.0. The predicted octanol–water partition coefficient (Wildman–Crippen LogP) is 3.95. The minimum atomic E-state index is -1.54. The van der Waals surface area contributed by atoms with Crippen molar-refractivity contribution in [1.82, 2.24) is 0 Å². The molecule has 46 heavy (non-hydrogen) atoms. The van der Waals surface area contributed by atoms with Gasteiger partial charge in [0.1, 0.15) is 43.4 Å². The molecule has 1 aliphatic heterocycles. The molecule has 0 aromatic carbocycles. The Bertz CT molecular complexity index is 1220. The Kier molecular flexibility index (Phi) is 8.57. The number of fused-ring (bicyclic) bond motifs is 3. The van der Waals surface area contributed by atoms with Crippen molar-refractivity contribution in [3.8, 4) is 0 Å². The van der Waals surface area contributed by atoms with E-state index in [4.69, 9.17) is 18.9 Å². The summed E-state index contributed by atoms with van der Waals surface area (Å²) in [6.45, 7) is 13.9. The van der Waals surface area contributed by atoms with Crippen LogP contribution in [0.3, 0.4) is 0 Å². The quantitative estimate of drug-likeness (QED) is 0.201. The highest BCUT2D eigenvalue weighted by molar-refractivity contribution is 5.66. The Balaban J connectivity index is 1.39. The standard InChI is InChI=1S/C36H56O10/c1-19(11-15-37)22-8-14-36-18-35(22,36)13-9-24-33(6)12-10-26(44-21(3)39)32(4,5)25(33)16-27(34(24,36)7)46-31-30(42)29(41)28(40)23(45-31)17-43-20(2)38/h15,19,22-31,40-42H,8-14,16-18H2,1-7H3/t19-,22-,23-,24+,25+,26+,27+,28-,29+,30-,31+,33+,34-,35+,36+/m0/s1. The van der Waals surface area contributed by atoms with Crippen LogP contribution in [0.25, 0.3) is 0 Å². The fourth-order valence-electron chi connectivity index (χ4n) is 12.9. The summed E-state index contributed by atoms with van der Waals surface area (Å²) in [7, 11) is 0. The van der Waals surface area contributed by atoms with Crippen LogP contribution < -0.4 is 0 Å². The molecule has 1 saturated heterocycles. The molecule has 260 valence electrons. The van der Waals surface area contributed by atoms with Gasteiger partial charge in [0.05, 0.1) is 6.10 Å². The van der Waals surface area contributed by atoms with Crippen molar-refractivity contribution in [2.24, 2.45) is 50.7 Å². The maximum atomic E-state index is 12.2. The molecule has 0 aromatic heterocycles. The van der Waals surface area contributed by atoms with Gasteiger partial charge in [0, 0.05) is 31.1 Å². The summed E-state index contributed by atoms with van der Waals surface area (Å²) in [5, 5.41) is 32.8. The zero-order valence-corrected chi connectivity index (χ0v) is 28.7. The van der Waals surface area contributed by atoms with E-state index in [9.17, 15) is 29.7 Å². The molecule has 6 aliphatic rings. The Morgan fingerprint density at radius 1 is 0.913 bits per heavy atom. The number of ether oxygens (including phenoxy) is 4. The Morgan fingerprint density at radius 3 is 2.28 bits per heavy atom. The van der Waals surface area contributed by atoms with Gasteiger partial charge in [-0.15, -0.1) is 0 Å². The van der Waals surface area contributed by atoms with Gasteiger partial charge in [-0.05, 0) is 91.3 Å². The Morgan fingerprint density at radius 2 is 1.63 bits per heavy atom. The number of esters is 2. The zero-order valence-electron chi connectivity index (χ0n) is 28.7. The van der Waals surface area contributed by atoms with Gasteiger partial charge in [-0.1, -0.05) is 34.6 Å². The monoisotopic (exact) mass is 648 g/mol. The van der Waals surface area contributed by atoms with E-state index in [0.717, 1.165) is 51.2 Å². The van der Waals surface area contributed by atoms with Gasteiger partial charge < -0.3 is 39.1 Å². The van der Waals surface area contributed by atoms with Crippen molar-refractivity contribution in [2.75, 3.05) is 6.61 Å². The highest BCUT2D eigenvalue weighted by atomic mass is 16.7. The van der Waals surface area contributed by atoms with E-state index in [1.165, 1.54) is 13.8 Å². The second-order valence-corrected chi connectivity index (χ2v) is 17.0. The lowest BCUT2D eigenvalue weighted by molar-refractivity contribution is -0.344. The van der Waals surface area contributed by atoms with Crippen molar-refractivity contribution in [1.29, 1.82) is 0 Å². The lowest BCUT2D eigenvalue weighted by atomic mass is 9.37. The maximum absolute atomic E-state index is 12.2. The van der Waals surface area contributed by atoms with Gasteiger partial charge in [-0.2, -0.15) is 0 Å². The first-order valence-electron chi connectivity index (χ1n) is 17.6. The number of rotatable bonds is 8. The third kappa shape index (κ3) is 4.70. The summed E-state index contributed by atoms with van der Waals surface area (Å²) in [5.74, 6) is 0.408. The first kappa shape index (κ1) is 34.3. The molecule has 6 rings (SSSR count). The summed E-state index contributed by atoms with van der Waals surface area (Å²) in [6.07, 6.45) is 2.10. The molecule has 0 amide bonds. The van der Waals surface area contributed by atoms with Crippen LogP contribution in [-0.4, -0.2) is 83.1 Å². The first-order chi connectivity index (χ1) is 21.5. The predicted molar refractivity (Wildman–Crippen MR) is 166 cm³/mol. The molecule has 10 heteroatoms. The minimum Gasteiger partial charge on any atom is -0.463 e. The van der Waals surface area contributed by atoms with Crippen molar-refractivity contribution >= 4 is 18.2 Å². The van der Waals surface area contributed by atoms with Crippen LogP contribution in [0, 0.1) is 50.7 Å². The van der Waals surface area contributed by atoms with Crippen molar-refractivity contribution in [3.63, 3.8) is 0 Å². The van der Waals surface area contributed by atoms with Crippen LogP contribution in [0.15, 0.2) is 0 Å². The lowest BCUT2D eigenvalue weighted by Gasteiger charge is -2.69. The summed E-state index contributed by atoms with van der Waals surface area (Å²) in [6, 6.07) is 0. The molecule has 10 nitrogen and oxygen atoms in total. The first-order valence-corrected chi connectivity index (χ1v) is 17.6. The molecule has 0 spiro atoms. The van der Waals surface area contributed by atoms with Crippen molar-refractivity contribution in [3.05, 3.63) is 0 Å². The van der Waals surface area contributed by atoms with E-state index < -0.39 is 36.7 Å². The fourth-order valence-corrected chi connectivity index (χ4v) is 12.9. The smallest absolute Gasteiger partial charge is 0.302 e.